The van der Waals surface area contributed by atoms with Gasteiger partial charge >= 0.3 is 0 Å². The Morgan fingerprint density at radius 2 is 1.48 bits per heavy atom. The highest BCUT2D eigenvalue weighted by Gasteiger charge is 2.16. The largest absolute Gasteiger partial charge is 0.497 e. The lowest BCUT2D eigenvalue weighted by molar-refractivity contribution is -0.114. The van der Waals surface area contributed by atoms with Gasteiger partial charge in [-0.2, -0.15) is 0 Å². The number of hydrogen-bond acceptors (Lipinski definition) is 5. The predicted octanol–water partition coefficient (Wildman–Crippen LogP) is 7.96. The molecule has 0 aliphatic heterocycles. The van der Waals surface area contributed by atoms with Gasteiger partial charge in [-0.15, -0.1) is 11.8 Å². The van der Waals surface area contributed by atoms with Crippen LogP contribution in [0.15, 0.2) is 132 Å². The molecular formula is C39H34N4O4S. The van der Waals surface area contributed by atoms with E-state index in [1.54, 1.807) is 67.8 Å². The Hall–Kier alpha value is -5.80. The van der Waals surface area contributed by atoms with E-state index in [2.05, 4.69) is 45.6 Å². The van der Waals surface area contributed by atoms with Gasteiger partial charge in [0.2, 0.25) is 5.91 Å². The first-order valence-corrected chi connectivity index (χ1v) is 16.5. The minimum atomic E-state index is -0.485. The zero-order valence-electron chi connectivity index (χ0n) is 26.5. The quantitative estimate of drug-likeness (QED) is 0.0972. The zero-order valence-corrected chi connectivity index (χ0v) is 27.3. The number of carbonyl (C=O) groups is 3. The van der Waals surface area contributed by atoms with Crippen molar-refractivity contribution in [1.29, 1.82) is 0 Å². The number of ether oxygens (including phenoxy) is 1. The van der Waals surface area contributed by atoms with Crippen molar-refractivity contribution in [3.05, 3.63) is 138 Å². The molecule has 8 nitrogen and oxygen atoms in total. The summed E-state index contributed by atoms with van der Waals surface area (Å²) in [5.74, 6) is -0.156. The molecule has 9 heteroatoms. The third-order valence-electron chi connectivity index (χ3n) is 7.79. The van der Waals surface area contributed by atoms with Gasteiger partial charge in [-0.25, -0.2) is 0 Å². The van der Waals surface area contributed by atoms with Crippen molar-refractivity contribution in [3.8, 4) is 5.75 Å². The van der Waals surface area contributed by atoms with Crippen LogP contribution in [0.5, 0.6) is 5.75 Å². The first-order chi connectivity index (χ1) is 23.4. The molecule has 0 atom stereocenters. The van der Waals surface area contributed by atoms with Gasteiger partial charge in [-0.3, -0.25) is 14.4 Å². The second-order valence-electron chi connectivity index (χ2n) is 11.0. The number of amides is 3. The number of para-hydroxylation sites is 1. The highest BCUT2D eigenvalue weighted by Crippen LogP contribution is 2.31. The Kier molecular flexibility index (Phi) is 9.88. The van der Waals surface area contributed by atoms with Gasteiger partial charge in [0, 0.05) is 50.2 Å². The molecule has 3 amide bonds. The summed E-state index contributed by atoms with van der Waals surface area (Å²) in [7, 11) is 1.56. The molecule has 0 aliphatic rings. The van der Waals surface area contributed by atoms with Gasteiger partial charge in [0.15, 0.2) is 0 Å². The lowest BCUT2D eigenvalue weighted by atomic mass is 10.1. The van der Waals surface area contributed by atoms with Crippen LogP contribution in [0.25, 0.3) is 27.9 Å². The zero-order chi connectivity index (χ0) is 33.5. The van der Waals surface area contributed by atoms with Crippen LogP contribution in [0.1, 0.15) is 22.8 Å². The van der Waals surface area contributed by atoms with Gasteiger partial charge < -0.3 is 25.3 Å². The maximum Gasteiger partial charge on any atom is 0.272 e. The van der Waals surface area contributed by atoms with Crippen LogP contribution in [0, 0.1) is 0 Å². The van der Waals surface area contributed by atoms with Crippen molar-refractivity contribution in [1.82, 2.24) is 9.88 Å². The van der Waals surface area contributed by atoms with Gasteiger partial charge in [0.1, 0.15) is 11.4 Å². The highest BCUT2D eigenvalue weighted by atomic mass is 32.2. The lowest BCUT2D eigenvalue weighted by Crippen LogP contribution is -2.30. The van der Waals surface area contributed by atoms with Crippen molar-refractivity contribution >= 4 is 68.7 Å². The molecule has 1 heterocycles. The van der Waals surface area contributed by atoms with Gasteiger partial charge in [0.25, 0.3) is 11.8 Å². The van der Waals surface area contributed by atoms with Crippen LogP contribution in [-0.2, 0) is 16.1 Å². The van der Waals surface area contributed by atoms with E-state index in [4.69, 9.17) is 4.74 Å². The molecule has 5 aromatic carbocycles. The SMILES string of the molecule is CCn1c2ccccc2c2cc(NC(=O)CSc3ccc(NC(=O)/C(=C/c4cccc(OC)c4)NC(=O)c4ccccc4)cc3)ccc21. The van der Waals surface area contributed by atoms with E-state index in [1.165, 1.54) is 17.3 Å². The van der Waals surface area contributed by atoms with Crippen molar-refractivity contribution in [2.24, 2.45) is 0 Å². The number of hydrogen-bond donors (Lipinski definition) is 3. The summed E-state index contributed by atoms with van der Waals surface area (Å²) in [6.07, 6.45) is 1.60. The summed E-state index contributed by atoms with van der Waals surface area (Å²) < 4.78 is 7.58. The van der Waals surface area contributed by atoms with Crippen LogP contribution < -0.4 is 20.7 Å². The van der Waals surface area contributed by atoms with Crippen LogP contribution in [0.4, 0.5) is 11.4 Å². The number of thioether (sulfide) groups is 1. The predicted molar refractivity (Wildman–Crippen MR) is 194 cm³/mol. The maximum absolute atomic E-state index is 13.4. The summed E-state index contributed by atoms with van der Waals surface area (Å²) in [6, 6.07) is 37.4. The van der Waals surface area contributed by atoms with E-state index in [0.29, 0.717) is 22.6 Å². The molecule has 6 aromatic rings. The van der Waals surface area contributed by atoms with Crippen molar-refractivity contribution < 1.29 is 19.1 Å². The van der Waals surface area contributed by atoms with E-state index < -0.39 is 11.8 Å². The standard InChI is InChI=1S/C39H34N4O4S/c1-3-43-35-15-8-7-14-32(35)33-24-29(18-21-36(33)43)40-37(44)25-48-31-19-16-28(17-20-31)41-39(46)34(23-26-10-9-13-30(22-26)47-2)42-38(45)27-11-5-4-6-12-27/h4-24H,3,25H2,1-2H3,(H,40,44)(H,41,46)(H,42,45)/b34-23-. The molecular weight excluding hydrogens is 621 g/mol. The molecule has 0 saturated heterocycles. The average molecular weight is 655 g/mol. The minimum Gasteiger partial charge on any atom is -0.497 e. The number of methoxy groups -OCH3 is 1. The summed E-state index contributed by atoms with van der Waals surface area (Å²) >= 11 is 1.40. The second kappa shape index (κ2) is 14.7. The molecule has 0 unspecified atom stereocenters. The molecule has 0 fully saturated rings. The molecule has 3 N–H and O–H groups in total. The van der Waals surface area contributed by atoms with Crippen molar-refractivity contribution in [3.63, 3.8) is 0 Å². The average Bonchev–Trinajstić information content (AvgIpc) is 3.44. The molecule has 0 saturated carbocycles. The molecule has 48 heavy (non-hydrogen) atoms. The summed E-state index contributed by atoms with van der Waals surface area (Å²) in [5, 5.41) is 10.9. The molecule has 0 spiro atoms. The van der Waals surface area contributed by atoms with Gasteiger partial charge in [-0.05, 0) is 91.4 Å². The Morgan fingerprint density at radius 1 is 0.750 bits per heavy atom. The van der Waals surface area contributed by atoms with E-state index in [-0.39, 0.29) is 17.4 Å². The first kappa shape index (κ1) is 32.2. The van der Waals surface area contributed by atoms with E-state index in [1.807, 2.05) is 48.5 Å². The van der Waals surface area contributed by atoms with Crippen LogP contribution in [0.2, 0.25) is 0 Å². The van der Waals surface area contributed by atoms with E-state index in [0.717, 1.165) is 33.4 Å². The smallest absolute Gasteiger partial charge is 0.272 e. The summed E-state index contributed by atoms with van der Waals surface area (Å²) in [6.45, 7) is 2.99. The molecule has 240 valence electrons. The highest BCUT2D eigenvalue weighted by molar-refractivity contribution is 8.00. The van der Waals surface area contributed by atoms with Crippen molar-refractivity contribution in [2.45, 2.75) is 18.4 Å². The number of rotatable bonds is 11. The molecule has 0 radical (unpaired) electrons. The fourth-order valence-electron chi connectivity index (χ4n) is 5.49. The van der Waals surface area contributed by atoms with Crippen LogP contribution in [0.3, 0.4) is 0 Å². The van der Waals surface area contributed by atoms with E-state index >= 15 is 0 Å². The summed E-state index contributed by atoms with van der Waals surface area (Å²) in [4.78, 5) is 40.1. The number of aryl methyl sites for hydroxylation is 1. The maximum atomic E-state index is 13.4. The number of anilines is 2. The number of nitrogens with one attached hydrogen (secondary N) is 3. The van der Waals surface area contributed by atoms with E-state index in [9.17, 15) is 14.4 Å². The second-order valence-corrected chi connectivity index (χ2v) is 12.0. The monoisotopic (exact) mass is 654 g/mol. The Morgan fingerprint density at radius 3 is 2.25 bits per heavy atom. The third-order valence-corrected chi connectivity index (χ3v) is 8.80. The minimum absolute atomic E-state index is 0.0738. The topological polar surface area (TPSA) is 101 Å². The summed E-state index contributed by atoms with van der Waals surface area (Å²) in [5.41, 5.74) is 4.79. The number of carbonyl (C=O) groups excluding carboxylic acids is 3. The Balaban J connectivity index is 1.10. The van der Waals surface area contributed by atoms with Gasteiger partial charge in [-0.1, -0.05) is 48.5 Å². The Labute approximate surface area is 282 Å². The fraction of sp³-hybridized carbons (Fsp3) is 0.103. The molecule has 6 rings (SSSR count). The molecule has 0 aliphatic carbocycles. The van der Waals surface area contributed by atoms with Crippen molar-refractivity contribution in [2.75, 3.05) is 23.5 Å². The van der Waals surface area contributed by atoms with Gasteiger partial charge in [0.05, 0.1) is 12.9 Å². The third kappa shape index (κ3) is 7.43. The molecule has 1 aromatic heterocycles. The Bertz CT molecular complexity index is 2140. The first-order valence-electron chi connectivity index (χ1n) is 15.5. The number of fused-ring (bicyclic) bond motifs is 3. The fourth-order valence-corrected chi connectivity index (χ4v) is 6.19. The van der Waals surface area contributed by atoms with Crippen LogP contribution >= 0.6 is 11.8 Å². The molecule has 0 bridgehead atoms. The number of benzene rings is 5. The number of aromatic nitrogens is 1. The normalized spacial score (nSPS) is 11.3. The van der Waals surface area contributed by atoms with Crippen LogP contribution in [-0.4, -0.2) is 35.2 Å². The lowest BCUT2D eigenvalue weighted by Gasteiger charge is -2.12. The number of nitrogens with zero attached hydrogens (tertiary/aromatic N) is 1.